The quantitative estimate of drug-likeness (QED) is 0.747. The Hall–Kier alpha value is -2.34. The number of hydrogen-bond donors (Lipinski definition) is 2. The van der Waals surface area contributed by atoms with Crippen molar-refractivity contribution < 1.29 is 4.42 Å². The summed E-state index contributed by atoms with van der Waals surface area (Å²) in [6.45, 7) is 1.77. The van der Waals surface area contributed by atoms with Crippen molar-refractivity contribution in [3.8, 4) is 0 Å². The van der Waals surface area contributed by atoms with Crippen LogP contribution in [0.2, 0.25) is 0 Å². The summed E-state index contributed by atoms with van der Waals surface area (Å²) in [4.78, 5) is 10.5. The van der Waals surface area contributed by atoms with Crippen LogP contribution in [0.4, 0.5) is 0 Å². The zero-order valence-corrected chi connectivity index (χ0v) is 14.9. The Morgan fingerprint density at radius 2 is 2.15 bits per heavy atom. The van der Waals surface area contributed by atoms with Crippen molar-refractivity contribution in [1.82, 2.24) is 25.1 Å². The minimum Gasteiger partial charge on any atom is -0.468 e. The first-order valence-electron chi connectivity index (χ1n) is 9.72. The fourth-order valence-electron chi connectivity index (χ4n) is 4.68. The molecule has 3 aromatic heterocycles. The molecule has 4 heterocycles. The molecule has 136 valence electrons. The van der Waals surface area contributed by atoms with Gasteiger partial charge in [-0.3, -0.25) is 10.00 Å². The standard InChI is InChI=1S/C20H25N5O/c1-2-5-14(6-3-1)18-16(11-23-24-18)20-19-17(21-13-22-19)8-9-25(20)12-15-7-4-10-26-15/h4,7,10-11,13-14,20H,1-3,5-6,8-9,12H2,(H,21,22)(H,23,24). The zero-order valence-electron chi connectivity index (χ0n) is 14.9. The van der Waals surface area contributed by atoms with E-state index in [2.05, 4.69) is 26.1 Å². The van der Waals surface area contributed by atoms with Gasteiger partial charge in [-0.15, -0.1) is 0 Å². The highest BCUT2D eigenvalue weighted by Crippen LogP contribution is 2.40. The van der Waals surface area contributed by atoms with E-state index in [-0.39, 0.29) is 6.04 Å². The Balaban J connectivity index is 1.52. The van der Waals surface area contributed by atoms with Gasteiger partial charge in [0.15, 0.2) is 0 Å². The van der Waals surface area contributed by atoms with Gasteiger partial charge in [-0.25, -0.2) is 4.98 Å². The van der Waals surface area contributed by atoms with E-state index in [0.717, 1.165) is 31.0 Å². The summed E-state index contributed by atoms with van der Waals surface area (Å²) in [6, 6.07) is 4.14. The lowest BCUT2D eigenvalue weighted by Crippen LogP contribution is -2.36. The van der Waals surface area contributed by atoms with E-state index < -0.39 is 0 Å². The van der Waals surface area contributed by atoms with Gasteiger partial charge in [-0.2, -0.15) is 5.10 Å². The molecule has 1 saturated carbocycles. The highest BCUT2D eigenvalue weighted by atomic mass is 16.3. The van der Waals surface area contributed by atoms with Crippen molar-refractivity contribution in [1.29, 1.82) is 0 Å². The molecule has 0 saturated heterocycles. The molecule has 5 rings (SSSR count). The summed E-state index contributed by atoms with van der Waals surface area (Å²) in [5.41, 5.74) is 4.99. The zero-order chi connectivity index (χ0) is 17.3. The third-order valence-corrected chi connectivity index (χ3v) is 5.97. The number of aromatic amines is 2. The molecule has 0 amide bonds. The Bertz CT molecular complexity index is 843. The number of imidazole rings is 1. The number of hydrogen-bond acceptors (Lipinski definition) is 4. The largest absolute Gasteiger partial charge is 0.468 e. The van der Waals surface area contributed by atoms with E-state index in [0.29, 0.717) is 5.92 Å². The van der Waals surface area contributed by atoms with Crippen LogP contribution in [0.3, 0.4) is 0 Å². The summed E-state index contributed by atoms with van der Waals surface area (Å²) in [6.07, 6.45) is 13.1. The van der Waals surface area contributed by atoms with Gasteiger partial charge in [0.05, 0.1) is 37.1 Å². The molecule has 1 unspecified atom stereocenters. The second-order valence-electron chi connectivity index (χ2n) is 7.54. The van der Waals surface area contributed by atoms with Crippen LogP contribution in [0.1, 0.15) is 72.5 Å². The molecule has 2 aliphatic rings. The Morgan fingerprint density at radius 3 is 3.00 bits per heavy atom. The van der Waals surface area contributed by atoms with Crippen LogP contribution in [-0.4, -0.2) is 31.6 Å². The first-order valence-corrected chi connectivity index (χ1v) is 9.72. The lowest BCUT2D eigenvalue weighted by atomic mass is 9.83. The van der Waals surface area contributed by atoms with Crippen LogP contribution in [0.15, 0.2) is 35.3 Å². The fraction of sp³-hybridized carbons (Fsp3) is 0.500. The number of nitrogens with zero attached hydrogens (tertiary/aromatic N) is 3. The number of aromatic nitrogens is 4. The molecule has 6 nitrogen and oxygen atoms in total. The summed E-state index contributed by atoms with van der Waals surface area (Å²) >= 11 is 0. The molecular weight excluding hydrogens is 326 g/mol. The van der Waals surface area contributed by atoms with Gasteiger partial charge in [0.25, 0.3) is 0 Å². The van der Waals surface area contributed by atoms with E-state index in [1.165, 1.54) is 49.1 Å². The Morgan fingerprint density at radius 1 is 1.23 bits per heavy atom. The molecule has 3 aromatic rings. The summed E-state index contributed by atoms with van der Waals surface area (Å²) in [5.74, 6) is 1.59. The van der Waals surface area contributed by atoms with Crippen molar-refractivity contribution in [3.63, 3.8) is 0 Å². The van der Waals surface area contributed by atoms with Crippen LogP contribution in [0, 0.1) is 0 Å². The smallest absolute Gasteiger partial charge is 0.117 e. The highest BCUT2D eigenvalue weighted by Gasteiger charge is 2.35. The molecule has 0 aromatic carbocycles. The number of H-pyrrole nitrogens is 2. The highest BCUT2D eigenvalue weighted by molar-refractivity contribution is 5.35. The lowest BCUT2D eigenvalue weighted by Gasteiger charge is -2.35. The average molecular weight is 351 g/mol. The van der Waals surface area contributed by atoms with Gasteiger partial charge < -0.3 is 9.40 Å². The first kappa shape index (κ1) is 15.9. The van der Waals surface area contributed by atoms with Crippen molar-refractivity contribution in [2.75, 3.05) is 6.54 Å². The van der Waals surface area contributed by atoms with E-state index in [1.54, 1.807) is 6.26 Å². The number of rotatable bonds is 4. The molecule has 1 fully saturated rings. The van der Waals surface area contributed by atoms with Crippen molar-refractivity contribution in [2.24, 2.45) is 0 Å². The normalized spacial score (nSPS) is 21.8. The summed E-state index contributed by atoms with van der Waals surface area (Å²) in [5, 5.41) is 7.79. The maximum absolute atomic E-state index is 5.62. The Labute approximate surface area is 153 Å². The van der Waals surface area contributed by atoms with Gasteiger partial charge in [-0.05, 0) is 25.0 Å². The summed E-state index contributed by atoms with van der Waals surface area (Å²) < 4.78 is 5.62. The minimum atomic E-state index is 0.130. The van der Waals surface area contributed by atoms with Gasteiger partial charge in [0.1, 0.15) is 5.76 Å². The van der Waals surface area contributed by atoms with Gasteiger partial charge in [0.2, 0.25) is 0 Å². The molecule has 0 radical (unpaired) electrons. The second-order valence-corrected chi connectivity index (χ2v) is 7.54. The monoisotopic (exact) mass is 351 g/mol. The lowest BCUT2D eigenvalue weighted by molar-refractivity contribution is 0.184. The third kappa shape index (κ3) is 2.78. The number of fused-ring (bicyclic) bond motifs is 1. The van der Waals surface area contributed by atoms with Crippen LogP contribution in [-0.2, 0) is 13.0 Å². The van der Waals surface area contributed by atoms with Crippen LogP contribution in [0.25, 0.3) is 0 Å². The molecule has 26 heavy (non-hydrogen) atoms. The topological polar surface area (TPSA) is 73.7 Å². The SMILES string of the molecule is c1coc(CN2CCc3[nH]cnc3C2c2cn[nH]c2C2CCCCC2)c1. The Kier molecular flexibility index (Phi) is 4.13. The van der Waals surface area contributed by atoms with E-state index >= 15 is 0 Å². The molecule has 1 aliphatic carbocycles. The average Bonchev–Trinajstić information content (AvgIpc) is 3.44. The van der Waals surface area contributed by atoms with Gasteiger partial charge >= 0.3 is 0 Å². The van der Waals surface area contributed by atoms with Crippen molar-refractivity contribution >= 4 is 0 Å². The number of furan rings is 1. The predicted octanol–water partition coefficient (Wildman–Crippen LogP) is 3.92. The predicted molar refractivity (Wildman–Crippen MR) is 97.7 cm³/mol. The van der Waals surface area contributed by atoms with Crippen LogP contribution in [0.5, 0.6) is 0 Å². The van der Waals surface area contributed by atoms with E-state index in [1.807, 2.05) is 18.6 Å². The third-order valence-electron chi connectivity index (χ3n) is 5.97. The molecule has 2 N–H and O–H groups in total. The molecule has 0 bridgehead atoms. The second kappa shape index (κ2) is 6.76. The maximum Gasteiger partial charge on any atom is 0.117 e. The number of nitrogens with one attached hydrogen (secondary N) is 2. The van der Waals surface area contributed by atoms with Crippen LogP contribution >= 0.6 is 0 Å². The molecule has 1 atom stereocenters. The minimum absolute atomic E-state index is 0.130. The van der Waals surface area contributed by atoms with Crippen molar-refractivity contribution in [2.45, 2.75) is 57.0 Å². The van der Waals surface area contributed by atoms with E-state index in [9.17, 15) is 0 Å². The van der Waals surface area contributed by atoms with Gasteiger partial charge in [-0.1, -0.05) is 19.3 Å². The van der Waals surface area contributed by atoms with E-state index in [4.69, 9.17) is 9.40 Å². The van der Waals surface area contributed by atoms with Gasteiger partial charge in [0, 0.05) is 35.8 Å². The maximum atomic E-state index is 5.62. The molecular formula is C20H25N5O. The first-order chi connectivity index (χ1) is 12.9. The van der Waals surface area contributed by atoms with Crippen LogP contribution < -0.4 is 0 Å². The molecule has 6 heteroatoms. The van der Waals surface area contributed by atoms with Crippen molar-refractivity contribution in [3.05, 3.63) is 59.3 Å². The fourth-order valence-corrected chi connectivity index (χ4v) is 4.68. The molecule has 1 aliphatic heterocycles. The molecule has 0 spiro atoms. The summed E-state index contributed by atoms with van der Waals surface area (Å²) in [7, 11) is 0.